The molecule has 3 nitrogen and oxygen atoms in total. The predicted molar refractivity (Wildman–Crippen MR) is 67.5 cm³/mol. The van der Waals surface area contributed by atoms with Gasteiger partial charge in [0.25, 0.3) is 0 Å². The molecule has 0 radical (unpaired) electrons. The number of carbonyl (C=O) groups is 1. The summed E-state index contributed by atoms with van der Waals surface area (Å²) >= 11 is 0. The van der Waals surface area contributed by atoms with Crippen LogP contribution >= 0.6 is 0 Å². The van der Waals surface area contributed by atoms with Crippen LogP contribution in [0.4, 0.5) is 5.69 Å². The molecule has 0 unspecified atom stereocenters. The van der Waals surface area contributed by atoms with Gasteiger partial charge >= 0.3 is 0 Å². The van der Waals surface area contributed by atoms with Crippen LogP contribution in [0.25, 0.3) is 0 Å². The molecule has 16 heavy (non-hydrogen) atoms. The normalized spacial score (nSPS) is 10.2. The number of nitrogens with zero attached hydrogens (tertiary/aromatic N) is 1. The Balaban J connectivity index is 2.82. The molecule has 0 aromatic heterocycles. The van der Waals surface area contributed by atoms with Crippen LogP contribution in [-0.4, -0.2) is 19.0 Å². The minimum atomic E-state index is 0.0919. The Morgan fingerprint density at radius 2 is 1.88 bits per heavy atom. The van der Waals surface area contributed by atoms with Gasteiger partial charge in [-0.3, -0.25) is 4.79 Å². The predicted octanol–water partition coefficient (Wildman–Crippen LogP) is 1.95. The van der Waals surface area contributed by atoms with Gasteiger partial charge in [0.05, 0.1) is 0 Å². The van der Waals surface area contributed by atoms with E-state index < -0.39 is 0 Å². The molecule has 0 spiro atoms. The number of carbonyl (C=O) groups excluding carboxylic acids is 1. The van der Waals surface area contributed by atoms with E-state index in [2.05, 4.69) is 19.1 Å². The quantitative estimate of drug-likeness (QED) is 0.824. The molecule has 0 fully saturated rings. The number of rotatable bonds is 5. The molecular formula is C13H20N2O. The smallest absolute Gasteiger partial charge is 0.228 e. The summed E-state index contributed by atoms with van der Waals surface area (Å²) in [7, 11) is 0. The number of nitrogens with two attached hydrogens (primary N) is 1. The molecule has 0 saturated heterocycles. The zero-order valence-electron chi connectivity index (χ0n) is 10.1. The highest BCUT2D eigenvalue weighted by atomic mass is 16.2. The van der Waals surface area contributed by atoms with E-state index in [0.717, 1.165) is 12.1 Å². The highest BCUT2D eigenvalue weighted by molar-refractivity contribution is 5.93. The second-order valence-corrected chi connectivity index (χ2v) is 3.70. The maximum absolute atomic E-state index is 11.8. The lowest BCUT2D eigenvalue weighted by atomic mass is 10.1. The number of amides is 1. The Hall–Kier alpha value is -1.35. The maximum atomic E-state index is 11.8. The van der Waals surface area contributed by atoms with Crippen LogP contribution in [0.5, 0.6) is 0 Å². The van der Waals surface area contributed by atoms with Crippen molar-refractivity contribution in [3.8, 4) is 0 Å². The maximum Gasteiger partial charge on any atom is 0.228 e. The topological polar surface area (TPSA) is 46.3 Å². The number of aryl methyl sites for hydroxylation is 1. The highest BCUT2D eigenvalue weighted by Crippen LogP contribution is 2.16. The van der Waals surface area contributed by atoms with Gasteiger partial charge in [-0.1, -0.05) is 19.1 Å². The fraction of sp³-hybridized carbons (Fsp3) is 0.462. The molecule has 0 bridgehead atoms. The molecular weight excluding hydrogens is 200 g/mol. The van der Waals surface area contributed by atoms with Crippen molar-refractivity contribution < 1.29 is 4.79 Å². The van der Waals surface area contributed by atoms with E-state index in [-0.39, 0.29) is 5.91 Å². The summed E-state index contributed by atoms with van der Waals surface area (Å²) in [5.41, 5.74) is 7.64. The van der Waals surface area contributed by atoms with Crippen LogP contribution in [0.1, 0.15) is 25.8 Å². The van der Waals surface area contributed by atoms with Gasteiger partial charge in [-0.05, 0) is 31.0 Å². The average Bonchev–Trinajstić information content (AvgIpc) is 2.31. The first-order chi connectivity index (χ1) is 7.72. The standard InChI is InChI=1S/C13H20N2O/c1-3-11-5-7-12(8-6-11)15(4-2)13(16)9-10-14/h5-8H,3-4,9-10,14H2,1-2H3. The molecule has 88 valence electrons. The minimum absolute atomic E-state index is 0.0919. The van der Waals surface area contributed by atoms with Gasteiger partial charge in [-0.25, -0.2) is 0 Å². The summed E-state index contributed by atoms with van der Waals surface area (Å²) in [6, 6.07) is 8.12. The van der Waals surface area contributed by atoms with Crippen molar-refractivity contribution in [3.63, 3.8) is 0 Å². The van der Waals surface area contributed by atoms with Crippen LogP contribution < -0.4 is 10.6 Å². The summed E-state index contributed by atoms with van der Waals surface area (Å²) < 4.78 is 0. The van der Waals surface area contributed by atoms with Crippen molar-refractivity contribution in [2.75, 3.05) is 18.0 Å². The van der Waals surface area contributed by atoms with Gasteiger partial charge in [0.15, 0.2) is 0 Å². The first-order valence-corrected chi connectivity index (χ1v) is 5.82. The Morgan fingerprint density at radius 1 is 1.25 bits per heavy atom. The molecule has 0 aliphatic rings. The first-order valence-electron chi connectivity index (χ1n) is 5.82. The Kier molecular flexibility index (Phi) is 4.99. The molecule has 0 saturated carbocycles. The third kappa shape index (κ3) is 3.07. The lowest BCUT2D eigenvalue weighted by molar-refractivity contribution is -0.118. The minimum Gasteiger partial charge on any atom is -0.330 e. The third-order valence-corrected chi connectivity index (χ3v) is 2.63. The molecule has 1 aromatic carbocycles. The van der Waals surface area contributed by atoms with Crippen LogP contribution in [0, 0.1) is 0 Å². The molecule has 1 rings (SSSR count). The highest BCUT2D eigenvalue weighted by Gasteiger charge is 2.12. The van der Waals surface area contributed by atoms with Gasteiger partial charge in [0.1, 0.15) is 0 Å². The summed E-state index contributed by atoms with van der Waals surface area (Å²) in [6.07, 6.45) is 1.42. The molecule has 2 N–H and O–H groups in total. The van der Waals surface area contributed by atoms with E-state index in [4.69, 9.17) is 5.73 Å². The van der Waals surface area contributed by atoms with Gasteiger partial charge in [-0.2, -0.15) is 0 Å². The van der Waals surface area contributed by atoms with E-state index >= 15 is 0 Å². The van der Waals surface area contributed by atoms with Crippen molar-refractivity contribution in [1.29, 1.82) is 0 Å². The molecule has 1 aromatic rings. The second kappa shape index (κ2) is 6.28. The average molecular weight is 220 g/mol. The van der Waals surface area contributed by atoms with Crippen molar-refractivity contribution in [1.82, 2.24) is 0 Å². The molecule has 3 heteroatoms. The van der Waals surface area contributed by atoms with Crippen LogP contribution in [0.15, 0.2) is 24.3 Å². The fourth-order valence-corrected chi connectivity index (χ4v) is 1.67. The van der Waals surface area contributed by atoms with Gasteiger partial charge in [-0.15, -0.1) is 0 Å². The molecule has 1 amide bonds. The van der Waals surface area contributed by atoms with Gasteiger partial charge in [0.2, 0.25) is 5.91 Å². The van der Waals surface area contributed by atoms with E-state index in [0.29, 0.717) is 19.5 Å². The summed E-state index contributed by atoms with van der Waals surface area (Å²) in [6.45, 7) is 5.18. The van der Waals surface area contributed by atoms with E-state index in [1.165, 1.54) is 5.56 Å². The number of benzene rings is 1. The molecule has 0 heterocycles. The zero-order chi connectivity index (χ0) is 12.0. The van der Waals surface area contributed by atoms with Crippen LogP contribution in [0.2, 0.25) is 0 Å². The summed E-state index contributed by atoms with van der Waals surface area (Å²) in [4.78, 5) is 13.5. The molecule has 0 atom stereocenters. The summed E-state index contributed by atoms with van der Waals surface area (Å²) in [5, 5.41) is 0. The molecule has 0 aliphatic carbocycles. The lowest BCUT2D eigenvalue weighted by Crippen LogP contribution is -2.31. The number of anilines is 1. The molecule has 0 aliphatic heterocycles. The Labute approximate surface area is 97.2 Å². The van der Waals surface area contributed by atoms with Gasteiger partial charge < -0.3 is 10.6 Å². The summed E-state index contributed by atoms with van der Waals surface area (Å²) in [5.74, 6) is 0.0919. The van der Waals surface area contributed by atoms with E-state index in [1.807, 2.05) is 19.1 Å². The van der Waals surface area contributed by atoms with Crippen LogP contribution in [0.3, 0.4) is 0 Å². The van der Waals surface area contributed by atoms with Crippen LogP contribution in [-0.2, 0) is 11.2 Å². The second-order valence-electron chi connectivity index (χ2n) is 3.70. The number of hydrogen-bond acceptors (Lipinski definition) is 2. The third-order valence-electron chi connectivity index (χ3n) is 2.63. The van der Waals surface area contributed by atoms with Crippen molar-refractivity contribution >= 4 is 11.6 Å². The largest absolute Gasteiger partial charge is 0.330 e. The van der Waals surface area contributed by atoms with Gasteiger partial charge in [0, 0.05) is 25.2 Å². The Bertz CT molecular complexity index is 332. The van der Waals surface area contributed by atoms with E-state index in [9.17, 15) is 4.79 Å². The zero-order valence-corrected chi connectivity index (χ0v) is 10.1. The monoisotopic (exact) mass is 220 g/mol. The van der Waals surface area contributed by atoms with Crippen molar-refractivity contribution in [3.05, 3.63) is 29.8 Å². The lowest BCUT2D eigenvalue weighted by Gasteiger charge is -2.21. The first kappa shape index (κ1) is 12.7. The van der Waals surface area contributed by atoms with Crippen molar-refractivity contribution in [2.45, 2.75) is 26.7 Å². The Morgan fingerprint density at radius 3 is 2.31 bits per heavy atom. The van der Waals surface area contributed by atoms with Crippen molar-refractivity contribution in [2.24, 2.45) is 5.73 Å². The number of hydrogen-bond donors (Lipinski definition) is 1. The SMILES string of the molecule is CCc1ccc(N(CC)C(=O)CCN)cc1. The van der Waals surface area contributed by atoms with E-state index in [1.54, 1.807) is 4.90 Å². The fourth-order valence-electron chi connectivity index (χ4n) is 1.67.